The largest absolute Gasteiger partial charge is 0.320 e. The first kappa shape index (κ1) is 19.2. The van der Waals surface area contributed by atoms with E-state index in [9.17, 15) is 14.0 Å². The average molecular weight is 390 g/mol. The van der Waals surface area contributed by atoms with E-state index in [0.29, 0.717) is 17.7 Å². The normalized spacial score (nSPS) is 21.5. The number of hydrogen-bond donors (Lipinski definition) is 1. The van der Waals surface area contributed by atoms with E-state index in [1.54, 1.807) is 19.1 Å². The maximum Gasteiger partial charge on any atom is 0.254 e. The number of benzene rings is 2. The van der Waals surface area contributed by atoms with Crippen LogP contribution in [-0.4, -0.2) is 17.4 Å². The average Bonchev–Trinajstić information content (AvgIpc) is 2.69. The molecule has 29 heavy (non-hydrogen) atoms. The van der Waals surface area contributed by atoms with Crippen LogP contribution in [0.1, 0.15) is 43.2 Å². The van der Waals surface area contributed by atoms with E-state index < -0.39 is 23.6 Å². The smallest absolute Gasteiger partial charge is 0.254 e. The summed E-state index contributed by atoms with van der Waals surface area (Å²) in [6.45, 7) is 3.78. The first-order valence-corrected chi connectivity index (χ1v) is 9.89. The molecule has 1 amide bonds. The first-order valence-electron chi connectivity index (χ1n) is 9.89. The van der Waals surface area contributed by atoms with Gasteiger partial charge in [-0.25, -0.2) is 4.39 Å². The molecule has 0 bridgehead atoms. The van der Waals surface area contributed by atoms with E-state index in [0.717, 1.165) is 29.7 Å². The van der Waals surface area contributed by atoms with E-state index >= 15 is 0 Å². The summed E-state index contributed by atoms with van der Waals surface area (Å²) in [7, 11) is 0. The maximum atomic E-state index is 14.1. The number of nitrogens with zero attached hydrogens (tertiary/aromatic N) is 1. The van der Waals surface area contributed by atoms with Gasteiger partial charge in [-0.2, -0.15) is 0 Å². The Labute approximate surface area is 169 Å². The molecule has 2 atom stereocenters. The van der Waals surface area contributed by atoms with Crippen LogP contribution >= 0.6 is 0 Å². The fourth-order valence-electron chi connectivity index (χ4n) is 4.44. The van der Waals surface area contributed by atoms with Gasteiger partial charge >= 0.3 is 0 Å². The molecule has 1 heterocycles. The lowest BCUT2D eigenvalue weighted by Crippen LogP contribution is -2.40. The SMILES string of the molecule is CC1=C(C(=O)Nc2ccccc2F)[C@@H](c2ccccc2C)C2C(=O)CCCC2=N1. The number of aliphatic imine (C=N–C) groups is 1. The van der Waals surface area contributed by atoms with Crippen LogP contribution in [0.4, 0.5) is 10.1 Å². The molecule has 148 valence electrons. The standard InChI is InChI=1S/C24H23FN2O2/c1-14-8-3-4-9-16(14)22-21(24(29)27-18-11-6-5-10-17(18)25)15(2)26-19-12-7-13-20(28)23(19)22/h3-6,8-11,22-23H,7,12-13H2,1-2H3,(H,27,29)/t22-,23?/m1/s1. The van der Waals surface area contributed by atoms with Crippen LogP contribution in [0.3, 0.4) is 0 Å². The second-order valence-electron chi connectivity index (χ2n) is 7.67. The van der Waals surface area contributed by atoms with Crippen LogP contribution in [0.2, 0.25) is 0 Å². The van der Waals surface area contributed by atoms with Gasteiger partial charge in [0, 0.05) is 29.3 Å². The topological polar surface area (TPSA) is 58.5 Å². The number of hydrogen-bond acceptors (Lipinski definition) is 3. The van der Waals surface area contributed by atoms with Gasteiger partial charge in [0.05, 0.1) is 11.6 Å². The summed E-state index contributed by atoms with van der Waals surface area (Å²) in [5.41, 5.74) is 3.96. The molecule has 2 aromatic carbocycles. The lowest BCUT2D eigenvalue weighted by molar-refractivity contribution is -0.122. The van der Waals surface area contributed by atoms with E-state index in [1.165, 1.54) is 12.1 Å². The van der Waals surface area contributed by atoms with Gasteiger partial charge in [-0.05, 0) is 49.9 Å². The number of rotatable bonds is 3. The number of Topliss-reactive ketones (excluding diaryl/α,β-unsaturated/α-hetero) is 1. The molecule has 1 saturated carbocycles. The van der Waals surface area contributed by atoms with Crippen molar-refractivity contribution in [1.82, 2.24) is 0 Å². The Hall–Kier alpha value is -3.08. The highest BCUT2D eigenvalue weighted by Crippen LogP contribution is 2.43. The van der Waals surface area contributed by atoms with Crippen molar-refractivity contribution in [2.75, 3.05) is 5.32 Å². The number of amides is 1. The Morgan fingerprint density at radius 2 is 1.76 bits per heavy atom. The number of carbonyl (C=O) groups is 2. The molecular weight excluding hydrogens is 367 g/mol. The van der Waals surface area contributed by atoms with E-state index in [-0.39, 0.29) is 11.5 Å². The number of fused-ring (bicyclic) bond motifs is 1. The predicted octanol–water partition coefficient (Wildman–Crippen LogP) is 4.95. The highest BCUT2D eigenvalue weighted by Gasteiger charge is 2.43. The summed E-state index contributed by atoms with van der Waals surface area (Å²) >= 11 is 0. The maximum absolute atomic E-state index is 14.1. The van der Waals surface area contributed by atoms with Gasteiger partial charge in [0.15, 0.2) is 0 Å². The molecule has 2 aromatic rings. The molecule has 1 N–H and O–H groups in total. The van der Waals surface area contributed by atoms with E-state index in [1.807, 2.05) is 31.2 Å². The highest BCUT2D eigenvalue weighted by molar-refractivity contribution is 6.14. The predicted molar refractivity (Wildman–Crippen MR) is 111 cm³/mol. The van der Waals surface area contributed by atoms with Crippen molar-refractivity contribution in [2.45, 2.75) is 39.0 Å². The molecule has 0 saturated heterocycles. The minimum Gasteiger partial charge on any atom is -0.320 e. The van der Waals surface area contributed by atoms with Crippen LogP contribution in [-0.2, 0) is 9.59 Å². The number of allylic oxidation sites excluding steroid dienone is 1. The van der Waals surface area contributed by atoms with Gasteiger partial charge in [-0.1, -0.05) is 36.4 Å². The lowest BCUT2D eigenvalue weighted by atomic mass is 9.68. The minimum absolute atomic E-state index is 0.117. The summed E-state index contributed by atoms with van der Waals surface area (Å²) < 4.78 is 14.1. The van der Waals surface area contributed by atoms with Gasteiger partial charge < -0.3 is 5.32 Å². The fourth-order valence-corrected chi connectivity index (χ4v) is 4.44. The molecule has 1 aliphatic carbocycles. The van der Waals surface area contributed by atoms with Crippen molar-refractivity contribution in [1.29, 1.82) is 0 Å². The molecule has 5 heteroatoms. The molecule has 2 aliphatic rings. The number of halogens is 1. The zero-order valence-electron chi connectivity index (χ0n) is 16.5. The van der Waals surface area contributed by atoms with Crippen LogP contribution in [0, 0.1) is 18.7 Å². The third-order valence-electron chi connectivity index (χ3n) is 5.80. The van der Waals surface area contributed by atoms with Gasteiger partial charge in [-0.15, -0.1) is 0 Å². The van der Waals surface area contributed by atoms with Gasteiger partial charge in [0.1, 0.15) is 11.6 Å². The van der Waals surface area contributed by atoms with Crippen LogP contribution in [0.5, 0.6) is 0 Å². The van der Waals surface area contributed by atoms with Crippen molar-refractivity contribution < 1.29 is 14.0 Å². The molecular formula is C24H23FN2O2. The lowest BCUT2D eigenvalue weighted by Gasteiger charge is -2.36. The molecule has 0 spiro atoms. The molecule has 1 aliphatic heterocycles. The van der Waals surface area contributed by atoms with Crippen molar-refractivity contribution in [3.63, 3.8) is 0 Å². The first-order chi connectivity index (χ1) is 14.0. The number of nitrogens with one attached hydrogen (secondary N) is 1. The van der Waals surface area contributed by atoms with E-state index in [2.05, 4.69) is 10.3 Å². The van der Waals surface area contributed by atoms with Crippen LogP contribution < -0.4 is 5.32 Å². The zero-order valence-corrected chi connectivity index (χ0v) is 16.5. The molecule has 4 rings (SSSR count). The van der Waals surface area contributed by atoms with Crippen molar-refractivity contribution in [3.8, 4) is 0 Å². The Kier molecular flexibility index (Phi) is 5.14. The van der Waals surface area contributed by atoms with Crippen LogP contribution in [0.25, 0.3) is 0 Å². The highest BCUT2D eigenvalue weighted by atomic mass is 19.1. The Morgan fingerprint density at radius 3 is 2.52 bits per heavy atom. The molecule has 1 unspecified atom stereocenters. The summed E-state index contributed by atoms with van der Waals surface area (Å²) in [5, 5.41) is 2.69. The van der Waals surface area contributed by atoms with Crippen molar-refractivity contribution >= 4 is 23.1 Å². The molecule has 1 fully saturated rings. The third kappa shape index (κ3) is 3.53. The zero-order chi connectivity index (χ0) is 20.5. The number of aryl methyl sites for hydroxylation is 1. The minimum atomic E-state index is -0.500. The Bertz CT molecular complexity index is 1050. The second-order valence-corrected chi connectivity index (χ2v) is 7.67. The summed E-state index contributed by atoms with van der Waals surface area (Å²) in [4.78, 5) is 30.9. The van der Waals surface area contributed by atoms with E-state index in [4.69, 9.17) is 0 Å². The molecule has 0 radical (unpaired) electrons. The second kappa shape index (κ2) is 7.74. The summed E-state index contributed by atoms with van der Waals surface area (Å²) in [5.74, 6) is -1.65. The fraction of sp³-hybridized carbons (Fsp3) is 0.292. The quantitative estimate of drug-likeness (QED) is 0.806. The van der Waals surface area contributed by atoms with Gasteiger partial charge in [-0.3, -0.25) is 14.6 Å². The monoisotopic (exact) mass is 390 g/mol. The molecule has 0 aromatic heterocycles. The number of ketones is 1. The Balaban J connectivity index is 1.83. The summed E-state index contributed by atoms with van der Waals surface area (Å²) in [6, 6.07) is 13.9. The van der Waals surface area contributed by atoms with Gasteiger partial charge in [0.2, 0.25) is 0 Å². The van der Waals surface area contributed by atoms with Crippen LogP contribution in [0.15, 0.2) is 64.8 Å². The number of anilines is 1. The van der Waals surface area contributed by atoms with Crippen molar-refractivity contribution in [2.24, 2.45) is 10.9 Å². The molecule has 4 nitrogen and oxygen atoms in total. The number of carbonyl (C=O) groups excluding carboxylic acids is 2. The number of para-hydroxylation sites is 1. The van der Waals surface area contributed by atoms with Crippen molar-refractivity contribution in [3.05, 3.63) is 76.7 Å². The summed E-state index contributed by atoms with van der Waals surface area (Å²) in [6.07, 6.45) is 2.05. The third-order valence-corrected chi connectivity index (χ3v) is 5.80. The van der Waals surface area contributed by atoms with Gasteiger partial charge in [0.25, 0.3) is 5.91 Å². The Morgan fingerprint density at radius 1 is 1.03 bits per heavy atom.